The molecule has 0 amide bonds. The molecule has 2 aromatic rings. The smallest absolute Gasteiger partial charge is 0.353 e. The number of carboxylic acids is 1. The van der Waals surface area contributed by atoms with Gasteiger partial charge in [0.05, 0.1) is 17.3 Å². The van der Waals surface area contributed by atoms with Crippen molar-refractivity contribution in [2.45, 2.75) is 0 Å². The van der Waals surface area contributed by atoms with Crippen LogP contribution < -0.4 is 4.74 Å². The second-order valence-electron chi connectivity index (χ2n) is 3.54. The number of aromatic nitrogens is 2. The Labute approximate surface area is 114 Å². The van der Waals surface area contributed by atoms with E-state index in [2.05, 4.69) is 30.9 Å². The molecule has 1 aromatic heterocycles. The van der Waals surface area contributed by atoms with E-state index < -0.39 is 23.4 Å². The predicted molar refractivity (Wildman–Crippen MR) is 65.2 cm³/mol. The van der Waals surface area contributed by atoms with Crippen molar-refractivity contribution in [3.8, 4) is 17.0 Å². The van der Waals surface area contributed by atoms with Crippen molar-refractivity contribution in [2.75, 3.05) is 7.11 Å². The second kappa shape index (κ2) is 4.96. The molecule has 0 saturated heterocycles. The number of carbonyl (C=O) groups is 1. The molecule has 0 aliphatic rings. The molecule has 1 aromatic carbocycles. The lowest BCUT2D eigenvalue weighted by molar-refractivity contribution is 0.0690. The van der Waals surface area contributed by atoms with Crippen molar-refractivity contribution in [1.29, 1.82) is 0 Å². The normalized spacial score (nSPS) is 10.5. The summed E-state index contributed by atoms with van der Waals surface area (Å²) in [7, 11) is 1.13. The summed E-state index contributed by atoms with van der Waals surface area (Å²) in [5.74, 6) is -3.62. The molecule has 0 aliphatic heterocycles. The van der Waals surface area contributed by atoms with Crippen LogP contribution >= 0.6 is 15.9 Å². The monoisotopic (exact) mass is 332 g/mol. The zero-order valence-corrected chi connectivity index (χ0v) is 11.1. The van der Waals surface area contributed by atoms with Gasteiger partial charge in [-0.15, -0.1) is 0 Å². The van der Waals surface area contributed by atoms with Crippen LogP contribution in [0.2, 0.25) is 0 Å². The third-order valence-corrected chi connectivity index (χ3v) is 2.98. The molecule has 0 fully saturated rings. The molecule has 1 heterocycles. The minimum atomic E-state index is -1.23. The molecule has 0 unspecified atom stereocenters. The lowest BCUT2D eigenvalue weighted by Crippen LogP contribution is -1.97. The van der Waals surface area contributed by atoms with Crippen molar-refractivity contribution in [2.24, 2.45) is 0 Å². The fraction of sp³-hybridized carbons (Fsp3) is 0.0909. The number of halogens is 3. The van der Waals surface area contributed by atoms with Crippen molar-refractivity contribution < 1.29 is 23.4 Å². The number of carboxylic acid groups (broad SMARTS) is 1. The lowest BCUT2D eigenvalue weighted by Gasteiger charge is -2.08. The molecule has 0 spiro atoms. The Morgan fingerprint density at radius 2 is 2.11 bits per heavy atom. The highest BCUT2D eigenvalue weighted by Crippen LogP contribution is 2.35. The van der Waals surface area contributed by atoms with Crippen LogP contribution in [0, 0.1) is 11.6 Å². The Hall–Kier alpha value is -1.96. The number of nitrogens with one attached hydrogen (secondary N) is 1. The molecule has 0 bridgehead atoms. The van der Waals surface area contributed by atoms with Gasteiger partial charge in [-0.3, -0.25) is 5.10 Å². The van der Waals surface area contributed by atoms with E-state index in [1.165, 1.54) is 0 Å². The largest absolute Gasteiger partial charge is 0.491 e. The number of aromatic amines is 1. The van der Waals surface area contributed by atoms with Gasteiger partial charge >= 0.3 is 5.97 Å². The van der Waals surface area contributed by atoms with Crippen LogP contribution in [0.3, 0.4) is 0 Å². The number of H-pyrrole nitrogens is 1. The lowest BCUT2D eigenvalue weighted by atomic mass is 10.1. The van der Waals surface area contributed by atoms with E-state index >= 15 is 0 Å². The number of aromatic carboxylic acids is 1. The summed E-state index contributed by atoms with van der Waals surface area (Å²) in [6.07, 6.45) is 0. The van der Waals surface area contributed by atoms with Crippen LogP contribution in [0.1, 0.15) is 10.5 Å². The number of rotatable bonds is 3. The number of ether oxygens (including phenoxy) is 1. The first kappa shape index (κ1) is 13.5. The summed E-state index contributed by atoms with van der Waals surface area (Å²) < 4.78 is 32.2. The summed E-state index contributed by atoms with van der Waals surface area (Å²) in [6.45, 7) is 0. The van der Waals surface area contributed by atoms with E-state index in [4.69, 9.17) is 5.11 Å². The van der Waals surface area contributed by atoms with Crippen molar-refractivity contribution in [3.63, 3.8) is 0 Å². The molecule has 0 atom stereocenters. The molecule has 0 radical (unpaired) electrons. The van der Waals surface area contributed by atoms with Gasteiger partial charge < -0.3 is 9.84 Å². The van der Waals surface area contributed by atoms with Crippen molar-refractivity contribution in [3.05, 3.63) is 33.9 Å². The van der Waals surface area contributed by atoms with E-state index in [0.717, 1.165) is 19.2 Å². The molecule has 5 nitrogen and oxygen atoms in total. The van der Waals surface area contributed by atoms with Crippen LogP contribution in [-0.2, 0) is 0 Å². The van der Waals surface area contributed by atoms with Gasteiger partial charge in [0.2, 0.25) is 0 Å². The summed E-state index contributed by atoms with van der Waals surface area (Å²) in [5.41, 5.74) is -0.239. The zero-order valence-electron chi connectivity index (χ0n) is 9.50. The van der Waals surface area contributed by atoms with Gasteiger partial charge in [0, 0.05) is 5.56 Å². The fourth-order valence-corrected chi connectivity index (χ4v) is 1.92. The van der Waals surface area contributed by atoms with Crippen LogP contribution in [0.5, 0.6) is 5.75 Å². The van der Waals surface area contributed by atoms with Gasteiger partial charge in [0.1, 0.15) is 5.69 Å². The van der Waals surface area contributed by atoms with Gasteiger partial charge in [-0.25, -0.2) is 13.6 Å². The van der Waals surface area contributed by atoms with Gasteiger partial charge in [-0.05, 0) is 28.1 Å². The number of nitrogens with zero attached hydrogens (tertiary/aromatic N) is 1. The van der Waals surface area contributed by atoms with Gasteiger partial charge in [0.15, 0.2) is 17.4 Å². The standard InChI is InChI=1S/C11H7BrF2N2O3/c1-19-10-8(13)4(2-5(12)9(10)14)6-3-7(11(17)18)16-15-6/h2-3H,1H3,(H,15,16)(H,17,18). The quantitative estimate of drug-likeness (QED) is 0.847. The van der Waals surface area contributed by atoms with E-state index in [9.17, 15) is 13.6 Å². The van der Waals surface area contributed by atoms with E-state index in [1.807, 2.05) is 0 Å². The first-order valence-corrected chi connectivity index (χ1v) is 5.75. The minimum absolute atomic E-state index is 0.0133. The van der Waals surface area contributed by atoms with Crippen LogP contribution in [0.4, 0.5) is 8.78 Å². The Morgan fingerprint density at radius 3 is 2.63 bits per heavy atom. The molecule has 2 N–H and O–H groups in total. The maximum Gasteiger partial charge on any atom is 0.353 e. The molecule has 0 aliphatic carbocycles. The van der Waals surface area contributed by atoms with Crippen molar-refractivity contribution >= 4 is 21.9 Å². The molecule has 2 rings (SSSR count). The molecule has 100 valence electrons. The van der Waals surface area contributed by atoms with Crippen LogP contribution in [-0.4, -0.2) is 28.4 Å². The highest BCUT2D eigenvalue weighted by atomic mass is 79.9. The van der Waals surface area contributed by atoms with Gasteiger partial charge in [-0.2, -0.15) is 5.10 Å². The average Bonchev–Trinajstić information content (AvgIpc) is 2.84. The summed E-state index contributed by atoms with van der Waals surface area (Å²) in [4.78, 5) is 10.7. The van der Waals surface area contributed by atoms with Crippen molar-refractivity contribution in [1.82, 2.24) is 10.2 Å². The minimum Gasteiger partial charge on any atom is -0.491 e. The molecular formula is C11H7BrF2N2O3. The zero-order chi connectivity index (χ0) is 14.2. The SMILES string of the molecule is COc1c(F)c(Br)cc(-c2cc(C(=O)O)[nH]n2)c1F. The number of benzene rings is 1. The Balaban J connectivity index is 2.61. The van der Waals surface area contributed by atoms with Gasteiger partial charge in [0.25, 0.3) is 0 Å². The average molecular weight is 333 g/mol. The van der Waals surface area contributed by atoms with E-state index in [1.54, 1.807) is 0 Å². The number of hydrogen-bond acceptors (Lipinski definition) is 3. The third-order valence-electron chi connectivity index (χ3n) is 2.40. The Kier molecular flexibility index (Phi) is 3.52. The van der Waals surface area contributed by atoms with E-state index in [0.29, 0.717) is 0 Å². The fourth-order valence-electron chi connectivity index (χ4n) is 1.52. The first-order chi connectivity index (χ1) is 8.95. The van der Waals surface area contributed by atoms with E-state index in [-0.39, 0.29) is 21.4 Å². The number of methoxy groups -OCH3 is 1. The molecule has 19 heavy (non-hydrogen) atoms. The van der Waals surface area contributed by atoms with Gasteiger partial charge in [-0.1, -0.05) is 0 Å². The third kappa shape index (κ3) is 2.30. The maximum absolute atomic E-state index is 14.0. The Bertz CT molecular complexity index is 658. The first-order valence-electron chi connectivity index (χ1n) is 4.96. The summed E-state index contributed by atoms with van der Waals surface area (Å²) in [6, 6.07) is 2.31. The Morgan fingerprint density at radius 1 is 1.42 bits per heavy atom. The highest BCUT2D eigenvalue weighted by Gasteiger charge is 2.21. The summed E-state index contributed by atoms with van der Waals surface area (Å²) in [5, 5.41) is 14.7. The highest BCUT2D eigenvalue weighted by molar-refractivity contribution is 9.10. The van der Waals surface area contributed by atoms with Crippen LogP contribution in [0.25, 0.3) is 11.3 Å². The topological polar surface area (TPSA) is 75.2 Å². The molecule has 8 heteroatoms. The molecular weight excluding hydrogens is 326 g/mol. The summed E-state index contributed by atoms with van der Waals surface area (Å²) >= 11 is 2.93. The predicted octanol–water partition coefficient (Wildman–Crippen LogP) is 2.82. The molecule has 0 saturated carbocycles. The second-order valence-corrected chi connectivity index (χ2v) is 4.39. The number of hydrogen-bond donors (Lipinski definition) is 2. The maximum atomic E-state index is 14.0. The van der Waals surface area contributed by atoms with Crippen LogP contribution in [0.15, 0.2) is 16.6 Å².